The Morgan fingerprint density at radius 2 is 1.60 bits per heavy atom. The highest BCUT2D eigenvalue weighted by Crippen LogP contribution is 2.25. The molecule has 2 aliphatic rings. The summed E-state index contributed by atoms with van der Waals surface area (Å²) in [7, 11) is -3.61. The highest BCUT2D eigenvalue weighted by molar-refractivity contribution is 7.89. The highest BCUT2D eigenvalue weighted by atomic mass is 32.2. The molecule has 0 unspecified atom stereocenters. The number of benzene rings is 1. The van der Waals surface area contributed by atoms with Gasteiger partial charge in [0.2, 0.25) is 15.9 Å². The number of sulfonamides is 1. The second-order valence-electron chi connectivity index (χ2n) is 8.38. The molecule has 0 atom stereocenters. The van der Waals surface area contributed by atoms with E-state index in [4.69, 9.17) is 0 Å². The smallest absolute Gasteiger partial charge is 0.243 e. The summed E-state index contributed by atoms with van der Waals surface area (Å²) in [4.78, 5) is 26.7. The molecule has 166 valence electrons. The van der Waals surface area contributed by atoms with Crippen molar-refractivity contribution in [1.82, 2.24) is 14.5 Å². The third-order valence-electron chi connectivity index (χ3n) is 6.20. The molecule has 0 bridgehead atoms. The summed E-state index contributed by atoms with van der Waals surface area (Å²) in [6.45, 7) is 7.48. The molecule has 0 aromatic heterocycles. The number of likely N-dealkylation sites (tertiary alicyclic amines) is 1. The van der Waals surface area contributed by atoms with Crippen LogP contribution in [0.25, 0.3) is 0 Å². The van der Waals surface area contributed by atoms with E-state index < -0.39 is 10.0 Å². The molecular weight excluding hydrogens is 402 g/mol. The van der Waals surface area contributed by atoms with E-state index in [1.165, 1.54) is 23.4 Å². The van der Waals surface area contributed by atoms with Crippen LogP contribution in [0, 0.1) is 5.92 Å². The highest BCUT2D eigenvalue weighted by Gasteiger charge is 2.33. The van der Waals surface area contributed by atoms with Crippen molar-refractivity contribution >= 4 is 21.7 Å². The van der Waals surface area contributed by atoms with Crippen molar-refractivity contribution in [3.05, 3.63) is 29.8 Å². The molecule has 2 aliphatic heterocycles. The topological polar surface area (TPSA) is 86.8 Å². The Bertz CT molecular complexity index is 838. The average molecular weight is 436 g/mol. The second-order valence-corrected chi connectivity index (χ2v) is 10.3. The number of carbonyl (C=O) groups excluding carboxylic acids is 2. The minimum absolute atomic E-state index is 0.0619. The lowest BCUT2D eigenvalue weighted by atomic mass is 9.96. The fourth-order valence-corrected chi connectivity index (χ4v) is 5.77. The van der Waals surface area contributed by atoms with Crippen molar-refractivity contribution in [1.29, 1.82) is 0 Å². The van der Waals surface area contributed by atoms with Gasteiger partial charge in [0.05, 0.1) is 4.90 Å². The fraction of sp³-hybridized carbons (Fsp3) is 0.636. The van der Waals surface area contributed by atoms with Gasteiger partial charge in [-0.1, -0.05) is 19.1 Å². The Hall–Kier alpha value is -1.77. The standard InChI is InChI=1S/C22H33N3O4S/c1-3-12-24-13-10-20(11-14-24)23-22(27)19-8-15-25(16-9-19)30(28,29)21-6-4-18(5-7-21)17(2)26/h4-7,19-20H,3,8-16H2,1-2H3,(H,23,27). The van der Waals surface area contributed by atoms with Gasteiger partial charge in [0.25, 0.3) is 0 Å². The predicted octanol–water partition coefficient (Wildman–Crippen LogP) is 2.28. The molecule has 0 saturated carbocycles. The van der Waals surface area contributed by atoms with Crippen LogP contribution in [-0.2, 0) is 14.8 Å². The molecular formula is C22H33N3O4S. The van der Waals surface area contributed by atoms with Crippen molar-refractivity contribution in [3.8, 4) is 0 Å². The third-order valence-corrected chi connectivity index (χ3v) is 8.11. The van der Waals surface area contributed by atoms with Crippen LogP contribution in [-0.4, -0.2) is 68.1 Å². The first-order valence-electron chi connectivity index (χ1n) is 10.9. The normalized spacial score (nSPS) is 20.2. The van der Waals surface area contributed by atoms with Crippen LogP contribution in [0.4, 0.5) is 0 Å². The summed E-state index contributed by atoms with van der Waals surface area (Å²) in [6.07, 6.45) is 4.18. The van der Waals surface area contributed by atoms with E-state index in [1.807, 2.05) is 0 Å². The number of Topliss-reactive ketones (excluding diaryl/α,β-unsaturated/α-hetero) is 1. The van der Waals surface area contributed by atoms with Gasteiger partial charge < -0.3 is 10.2 Å². The zero-order valence-electron chi connectivity index (χ0n) is 18.0. The summed E-state index contributed by atoms with van der Waals surface area (Å²) in [6, 6.07) is 6.28. The lowest BCUT2D eigenvalue weighted by molar-refractivity contribution is -0.127. The van der Waals surface area contributed by atoms with Crippen molar-refractivity contribution in [2.24, 2.45) is 5.92 Å². The molecule has 0 radical (unpaired) electrons. The molecule has 2 heterocycles. The third kappa shape index (κ3) is 5.47. The van der Waals surface area contributed by atoms with Crippen LogP contribution in [0.2, 0.25) is 0 Å². The van der Waals surface area contributed by atoms with Gasteiger partial charge in [-0.15, -0.1) is 0 Å². The number of nitrogens with one attached hydrogen (secondary N) is 1. The van der Waals surface area contributed by atoms with E-state index in [9.17, 15) is 18.0 Å². The van der Waals surface area contributed by atoms with Crippen LogP contribution < -0.4 is 5.32 Å². The first-order chi connectivity index (χ1) is 14.3. The summed E-state index contributed by atoms with van der Waals surface area (Å²) in [5.41, 5.74) is 0.491. The summed E-state index contributed by atoms with van der Waals surface area (Å²) in [5.74, 6) is -0.168. The van der Waals surface area contributed by atoms with Gasteiger partial charge in [-0.05, 0) is 57.7 Å². The average Bonchev–Trinajstić information content (AvgIpc) is 2.75. The van der Waals surface area contributed by atoms with E-state index in [0.717, 1.165) is 38.9 Å². The van der Waals surface area contributed by atoms with Gasteiger partial charge in [0.1, 0.15) is 0 Å². The first kappa shape index (κ1) is 22.9. The molecule has 0 aliphatic carbocycles. The molecule has 2 fully saturated rings. The maximum atomic E-state index is 12.9. The molecule has 8 heteroatoms. The van der Waals surface area contributed by atoms with Gasteiger partial charge in [-0.2, -0.15) is 4.31 Å². The zero-order valence-corrected chi connectivity index (χ0v) is 18.8. The largest absolute Gasteiger partial charge is 0.353 e. The summed E-state index contributed by atoms with van der Waals surface area (Å²) < 4.78 is 27.2. The number of amides is 1. The maximum absolute atomic E-state index is 12.9. The van der Waals surface area contributed by atoms with E-state index in [-0.39, 0.29) is 28.5 Å². The molecule has 7 nitrogen and oxygen atoms in total. The molecule has 3 rings (SSSR count). The second kappa shape index (κ2) is 10.0. The Morgan fingerprint density at radius 1 is 1.00 bits per heavy atom. The Balaban J connectivity index is 1.50. The number of hydrogen-bond donors (Lipinski definition) is 1. The SMILES string of the molecule is CCCN1CCC(NC(=O)C2CCN(S(=O)(=O)c3ccc(C(C)=O)cc3)CC2)CC1. The Labute approximate surface area is 179 Å². The Morgan fingerprint density at radius 3 is 2.13 bits per heavy atom. The van der Waals surface area contributed by atoms with E-state index >= 15 is 0 Å². The lowest BCUT2D eigenvalue weighted by Crippen LogP contribution is -2.48. The van der Waals surface area contributed by atoms with E-state index in [0.29, 0.717) is 31.5 Å². The van der Waals surface area contributed by atoms with Crippen LogP contribution in [0.5, 0.6) is 0 Å². The van der Waals surface area contributed by atoms with E-state index in [2.05, 4.69) is 17.1 Å². The van der Waals surface area contributed by atoms with Crippen molar-refractivity contribution in [2.75, 3.05) is 32.7 Å². The van der Waals surface area contributed by atoms with Gasteiger partial charge >= 0.3 is 0 Å². The molecule has 1 N–H and O–H groups in total. The van der Waals surface area contributed by atoms with Gasteiger partial charge in [0.15, 0.2) is 5.78 Å². The van der Waals surface area contributed by atoms with Crippen molar-refractivity contribution in [2.45, 2.75) is 56.9 Å². The molecule has 30 heavy (non-hydrogen) atoms. The number of nitrogens with zero attached hydrogens (tertiary/aromatic N) is 2. The van der Waals surface area contributed by atoms with Crippen molar-refractivity contribution in [3.63, 3.8) is 0 Å². The minimum Gasteiger partial charge on any atom is -0.353 e. The lowest BCUT2D eigenvalue weighted by Gasteiger charge is -2.34. The van der Waals surface area contributed by atoms with Crippen LogP contribution in [0.15, 0.2) is 29.2 Å². The van der Waals surface area contributed by atoms with Crippen LogP contribution in [0.3, 0.4) is 0 Å². The monoisotopic (exact) mass is 435 g/mol. The molecule has 2 saturated heterocycles. The number of rotatable bonds is 7. The number of ketones is 1. The van der Waals surface area contributed by atoms with Gasteiger partial charge in [-0.25, -0.2) is 8.42 Å². The number of carbonyl (C=O) groups is 2. The van der Waals surface area contributed by atoms with Gasteiger partial charge in [-0.3, -0.25) is 9.59 Å². The van der Waals surface area contributed by atoms with Crippen LogP contribution >= 0.6 is 0 Å². The molecule has 1 aromatic rings. The fourth-order valence-electron chi connectivity index (χ4n) is 4.31. The summed E-state index contributed by atoms with van der Waals surface area (Å²) in [5, 5.41) is 3.19. The van der Waals surface area contributed by atoms with Gasteiger partial charge in [0, 0.05) is 43.7 Å². The number of hydrogen-bond acceptors (Lipinski definition) is 5. The first-order valence-corrected chi connectivity index (χ1v) is 12.4. The van der Waals surface area contributed by atoms with Crippen molar-refractivity contribution < 1.29 is 18.0 Å². The Kier molecular flexibility index (Phi) is 7.65. The minimum atomic E-state index is -3.61. The molecule has 1 amide bonds. The number of piperidine rings is 2. The predicted molar refractivity (Wildman–Crippen MR) is 116 cm³/mol. The zero-order chi connectivity index (χ0) is 21.7. The molecule has 1 aromatic carbocycles. The quantitative estimate of drug-likeness (QED) is 0.664. The maximum Gasteiger partial charge on any atom is 0.243 e. The van der Waals surface area contributed by atoms with E-state index in [1.54, 1.807) is 12.1 Å². The summed E-state index contributed by atoms with van der Waals surface area (Å²) >= 11 is 0. The van der Waals surface area contributed by atoms with Crippen LogP contribution in [0.1, 0.15) is 56.3 Å². The molecule has 0 spiro atoms.